The second-order valence-electron chi connectivity index (χ2n) is 8.62. The van der Waals surface area contributed by atoms with Crippen LogP contribution < -0.4 is 10.1 Å². The number of nitrogens with one attached hydrogen (secondary N) is 1. The van der Waals surface area contributed by atoms with Gasteiger partial charge >= 0.3 is 0 Å². The molecule has 0 saturated heterocycles. The van der Waals surface area contributed by atoms with Crippen LogP contribution in [0.25, 0.3) is 10.8 Å². The molecule has 1 N–H and O–H groups in total. The Kier molecular flexibility index (Phi) is 6.06. The standard InChI is InChI=1S/C28H26N4O3/c1-18-11-12-24(13-19(18)2)34-17-26-20(3)35-31-27(26)28(33)30-23-14-29-32(16-23)15-22-9-6-8-21-7-4-5-10-25(21)22/h4-14,16H,15,17H2,1-3H3,(H,30,33). The first-order valence-corrected chi connectivity index (χ1v) is 11.4. The largest absolute Gasteiger partial charge is 0.489 e. The van der Waals surface area contributed by atoms with E-state index in [1.165, 1.54) is 16.3 Å². The summed E-state index contributed by atoms with van der Waals surface area (Å²) in [4.78, 5) is 13.0. The van der Waals surface area contributed by atoms with Gasteiger partial charge in [-0.2, -0.15) is 5.10 Å². The highest BCUT2D eigenvalue weighted by molar-refractivity contribution is 6.03. The van der Waals surface area contributed by atoms with Crippen LogP contribution in [-0.2, 0) is 13.2 Å². The predicted octanol–water partition coefficient (Wildman–Crippen LogP) is 5.83. The number of hydrogen-bond donors (Lipinski definition) is 1. The fraction of sp³-hybridized carbons (Fsp3) is 0.179. The quantitative estimate of drug-likeness (QED) is 0.326. The molecule has 2 heterocycles. The van der Waals surface area contributed by atoms with Crippen molar-refractivity contribution in [3.05, 3.63) is 107 Å². The fourth-order valence-corrected chi connectivity index (χ4v) is 4.01. The average Bonchev–Trinajstić information content (AvgIpc) is 3.46. The number of fused-ring (bicyclic) bond motifs is 1. The van der Waals surface area contributed by atoms with Crippen molar-refractivity contribution in [3.63, 3.8) is 0 Å². The maximum atomic E-state index is 13.0. The number of ether oxygens (including phenoxy) is 1. The van der Waals surface area contributed by atoms with Crippen LogP contribution in [0, 0.1) is 20.8 Å². The molecule has 0 atom stereocenters. The Morgan fingerprint density at radius 1 is 1.03 bits per heavy atom. The van der Waals surface area contributed by atoms with E-state index in [0.717, 1.165) is 16.9 Å². The first-order chi connectivity index (χ1) is 17.0. The molecule has 7 nitrogen and oxygen atoms in total. The van der Waals surface area contributed by atoms with Crippen LogP contribution >= 0.6 is 0 Å². The van der Waals surface area contributed by atoms with Gasteiger partial charge in [0.1, 0.15) is 18.1 Å². The molecule has 0 unspecified atom stereocenters. The molecule has 35 heavy (non-hydrogen) atoms. The smallest absolute Gasteiger partial charge is 0.278 e. The predicted molar refractivity (Wildman–Crippen MR) is 135 cm³/mol. The molecule has 176 valence electrons. The zero-order valence-corrected chi connectivity index (χ0v) is 19.9. The third kappa shape index (κ3) is 4.80. The summed E-state index contributed by atoms with van der Waals surface area (Å²) < 4.78 is 13.0. The van der Waals surface area contributed by atoms with Crippen molar-refractivity contribution in [3.8, 4) is 5.75 Å². The molecule has 3 aromatic carbocycles. The Morgan fingerprint density at radius 3 is 2.71 bits per heavy atom. The van der Waals surface area contributed by atoms with Crippen molar-refractivity contribution in [1.29, 1.82) is 0 Å². The molecule has 0 aliphatic carbocycles. The number of rotatable bonds is 7. The molecule has 0 aliphatic rings. The second kappa shape index (κ2) is 9.46. The Labute approximate surface area is 203 Å². The summed E-state index contributed by atoms with van der Waals surface area (Å²) in [6.07, 6.45) is 3.43. The molecular weight excluding hydrogens is 440 g/mol. The van der Waals surface area contributed by atoms with E-state index in [2.05, 4.69) is 46.8 Å². The molecule has 0 saturated carbocycles. The highest BCUT2D eigenvalue weighted by Crippen LogP contribution is 2.22. The van der Waals surface area contributed by atoms with Gasteiger partial charge in [-0.15, -0.1) is 0 Å². The lowest BCUT2D eigenvalue weighted by Crippen LogP contribution is -2.15. The number of carbonyl (C=O) groups excluding carboxylic acids is 1. The molecule has 2 aromatic heterocycles. The highest BCUT2D eigenvalue weighted by atomic mass is 16.5. The van der Waals surface area contributed by atoms with Gasteiger partial charge in [0.25, 0.3) is 5.91 Å². The van der Waals surface area contributed by atoms with Gasteiger partial charge in [0.15, 0.2) is 5.69 Å². The van der Waals surface area contributed by atoms with Gasteiger partial charge in [-0.25, -0.2) is 0 Å². The van der Waals surface area contributed by atoms with Crippen LogP contribution in [0.15, 0.2) is 77.6 Å². The van der Waals surface area contributed by atoms with E-state index >= 15 is 0 Å². The fourth-order valence-electron chi connectivity index (χ4n) is 4.01. The van der Waals surface area contributed by atoms with Crippen LogP contribution in [0.2, 0.25) is 0 Å². The molecule has 5 rings (SSSR count). The van der Waals surface area contributed by atoms with E-state index in [9.17, 15) is 4.79 Å². The van der Waals surface area contributed by atoms with Gasteiger partial charge in [0.2, 0.25) is 0 Å². The number of hydrogen-bond acceptors (Lipinski definition) is 5. The molecule has 0 radical (unpaired) electrons. The third-order valence-corrected chi connectivity index (χ3v) is 6.16. The normalized spacial score (nSPS) is 11.1. The number of nitrogens with zero attached hydrogens (tertiary/aromatic N) is 3. The minimum atomic E-state index is -0.370. The number of carbonyl (C=O) groups is 1. The molecule has 5 aromatic rings. The van der Waals surface area contributed by atoms with Crippen molar-refractivity contribution in [1.82, 2.24) is 14.9 Å². The Balaban J connectivity index is 1.28. The van der Waals surface area contributed by atoms with E-state index in [-0.39, 0.29) is 18.2 Å². The van der Waals surface area contributed by atoms with Gasteiger partial charge in [0.05, 0.1) is 24.0 Å². The summed E-state index contributed by atoms with van der Waals surface area (Å²) >= 11 is 0. The Hall–Kier alpha value is -4.39. The van der Waals surface area contributed by atoms with Crippen LogP contribution in [0.1, 0.15) is 38.5 Å². The number of aromatic nitrogens is 3. The van der Waals surface area contributed by atoms with Crippen LogP contribution in [0.5, 0.6) is 5.75 Å². The molecule has 0 fully saturated rings. The lowest BCUT2D eigenvalue weighted by Gasteiger charge is -2.09. The molecule has 0 aliphatic heterocycles. The van der Waals surface area contributed by atoms with Crippen molar-refractivity contribution in [2.45, 2.75) is 33.9 Å². The van der Waals surface area contributed by atoms with E-state index in [1.54, 1.807) is 24.0 Å². The zero-order valence-electron chi connectivity index (χ0n) is 19.9. The zero-order chi connectivity index (χ0) is 24.4. The molecule has 7 heteroatoms. The van der Waals surface area contributed by atoms with Gasteiger partial charge in [-0.05, 0) is 60.4 Å². The minimum Gasteiger partial charge on any atom is -0.489 e. The van der Waals surface area contributed by atoms with Crippen LogP contribution in [-0.4, -0.2) is 20.8 Å². The Morgan fingerprint density at radius 2 is 1.86 bits per heavy atom. The van der Waals surface area contributed by atoms with E-state index < -0.39 is 0 Å². The first kappa shape index (κ1) is 22.4. The van der Waals surface area contributed by atoms with Crippen molar-refractivity contribution >= 4 is 22.4 Å². The summed E-state index contributed by atoms with van der Waals surface area (Å²) in [5, 5.41) is 13.6. The van der Waals surface area contributed by atoms with Crippen molar-refractivity contribution < 1.29 is 14.1 Å². The summed E-state index contributed by atoms with van der Waals surface area (Å²) in [5.41, 5.74) is 4.89. The van der Waals surface area contributed by atoms with Gasteiger partial charge in [0, 0.05) is 6.20 Å². The third-order valence-electron chi connectivity index (χ3n) is 6.16. The highest BCUT2D eigenvalue weighted by Gasteiger charge is 2.21. The molecule has 1 amide bonds. The van der Waals surface area contributed by atoms with Gasteiger partial charge in [-0.3, -0.25) is 9.48 Å². The maximum Gasteiger partial charge on any atom is 0.278 e. The number of amides is 1. The van der Waals surface area contributed by atoms with E-state index in [0.29, 0.717) is 23.6 Å². The summed E-state index contributed by atoms with van der Waals surface area (Å²) in [6, 6.07) is 20.4. The minimum absolute atomic E-state index is 0.181. The Bertz CT molecular complexity index is 1510. The second-order valence-corrected chi connectivity index (χ2v) is 8.62. The number of aryl methyl sites for hydroxylation is 3. The maximum absolute atomic E-state index is 13.0. The number of anilines is 1. The van der Waals surface area contributed by atoms with Gasteiger partial charge in [-0.1, -0.05) is 53.7 Å². The van der Waals surface area contributed by atoms with Gasteiger partial charge < -0.3 is 14.6 Å². The number of benzene rings is 3. The monoisotopic (exact) mass is 466 g/mol. The SMILES string of the molecule is Cc1ccc(OCc2c(C(=O)Nc3cnn(Cc4cccc5ccccc45)c3)noc2C)cc1C. The molecule has 0 bridgehead atoms. The lowest BCUT2D eigenvalue weighted by atomic mass is 10.0. The lowest BCUT2D eigenvalue weighted by molar-refractivity contribution is 0.101. The molecular formula is C28H26N4O3. The summed E-state index contributed by atoms with van der Waals surface area (Å²) in [7, 11) is 0. The summed E-state index contributed by atoms with van der Waals surface area (Å²) in [6.45, 7) is 6.63. The summed E-state index contributed by atoms with van der Waals surface area (Å²) in [5.74, 6) is 0.908. The topological polar surface area (TPSA) is 82.2 Å². The van der Waals surface area contributed by atoms with E-state index in [4.69, 9.17) is 9.26 Å². The first-order valence-electron chi connectivity index (χ1n) is 11.4. The molecule has 0 spiro atoms. The van der Waals surface area contributed by atoms with Crippen molar-refractivity contribution in [2.75, 3.05) is 5.32 Å². The average molecular weight is 467 g/mol. The van der Waals surface area contributed by atoms with Crippen molar-refractivity contribution in [2.24, 2.45) is 0 Å². The van der Waals surface area contributed by atoms with Crippen LogP contribution in [0.4, 0.5) is 5.69 Å². The van der Waals surface area contributed by atoms with Crippen LogP contribution in [0.3, 0.4) is 0 Å². The van der Waals surface area contributed by atoms with E-state index in [1.807, 2.05) is 43.3 Å².